The van der Waals surface area contributed by atoms with E-state index >= 15 is 0 Å². The number of anilines is 2. The topological polar surface area (TPSA) is 84.5 Å². The number of benzene rings is 2. The van der Waals surface area contributed by atoms with Gasteiger partial charge in [0.2, 0.25) is 5.91 Å². The number of esters is 1. The molecular formula is C22H26N2O4S. The van der Waals surface area contributed by atoms with Crippen molar-refractivity contribution in [2.24, 2.45) is 0 Å². The number of aryl methyl sites for hydroxylation is 4. The van der Waals surface area contributed by atoms with Gasteiger partial charge < -0.3 is 15.4 Å². The quantitative estimate of drug-likeness (QED) is 0.642. The second kappa shape index (κ2) is 10.7. The molecule has 0 aliphatic heterocycles. The molecule has 2 N–H and O–H groups in total. The molecule has 0 radical (unpaired) electrons. The molecule has 7 heteroatoms. The molecule has 0 aromatic heterocycles. The summed E-state index contributed by atoms with van der Waals surface area (Å²) in [5.41, 5.74) is 5.72. The van der Waals surface area contributed by atoms with Crippen molar-refractivity contribution < 1.29 is 19.1 Å². The first-order chi connectivity index (χ1) is 13.7. The number of nitrogens with one attached hydrogen (secondary N) is 2. The van der Waals surface area contributed by atoms with Crippen LogP contribution in [0.25, 0.3) is 0 Å². The summed E-state index contributed by atoms with van der Waals surface area (Å²) in [4.78, 5) is 35.7. The number of thioether (sulfide) groups is 1. The van der Waals surface area contributed by atoms with Gasteiger partial charge in [-0.1, -0.05) is 23.8 Å². The molecule has 2 rings (SSSR count). The molecular weight excluding hydrogens is 388 g/mol. The first-order valence-corrected chi connectivity index (χ1v) is 10.4. The molecule has 2 aromatic rings. The fourth-order valence-electron chi connectivity index (χ4n) is 2.57. The second-order valence-corrected chi connectivity index (χ2v) is 7.85. The number of hydrogen-bond donors (Lipinski definition) is 2. The Hall–Kier alpha value is -2.80. The molecule has 0 saturated carbocycles. The minimum Gasteiger partial charge on any atom is -0.455 e. The summed E-state index contributed by atoms with van der Waals surface area (Å²) >= 11 is 1.14. The molecule has 0 bridgehead atoms. The van der Waals surface area contributed by atoms with Crippen molar-refractivity contribution in [3.8, 4) is 0 Å². The Kier molecular flexibility index (Phi) is 8.27. The van der Waals surface area contributed by atoms with E-state index in [1.165, 1.54) is 0 Å². The maximum atomic E-state index is 12.0. The fourth-order valence-corrected chi connectivity index (χ4v) is 3.18. The van der Waals surface area contributed by atoms with Crippen molar-refractivity contribution in [1.82, 2.24) is 0 Å². The summed E-state index contributed by atoms with van der Waals surface area (Å²) in [6.07, 6.45) is 0. The highest BCUT2D eigenvalue weighted by Crippen LogP contribution is 2.16. The van der Waals surface area contributed by atoms with Crippen molar-refractivity contribution in [1.29, 1.82) is 0 Å². The van der Waals surface area contributed by atoms with Crippen LogP contribution in [0.3, 0.4) is 0 Å². The number of ether oxygens (including phenoxy) is 1. The largest absolute Gasteiger partial charge is 0.455 e. The van der Waals surface area contributed by atoms with E-state index in [0.717, 1.165) is 39.7 Å². The fraction of sp³-hybridized carbons (Fsp3) is 0.318. The predicted molar refractivity (Wildman–Crippen MR) is 117 cm³/mol. The van der Waals surface area contributed by atoms with Gasteiger partial charge in [-0.05, 0) is 62.6 Å². The molecule has 0 heterocycles. The van der Waals surface area contributed by atoms with Gasteiger partial charge in [0.25, 0.3) is 5.91 Å². The van der Waals surface area contributed by atoms with Crippen LogP contribution in [-0.2, 0) is 19.1 Å². The van der Waals surface area contributed by atoms with Crippen molar-refractivity contribution in [2.45, 2.75) is 27.7 Å². The maximum Gasteiger partial charge on any atom is 0.316 e. The van der Waals surface area contributed by atoms with Crippen LogP contribution in [0.5, 0.6) is 0 Å². The van der Waals surface area contributed by atoms with E-state index in [0.29, 0.717) is 5.69 Å². The Labute approximate surface area is 175 Å². The van der Waals surface area contributed by atoms with E-state index in [4.69, 9.17) is 4.74 Å². The molecule has 6 nitrogen and oxygen atoms in total. The van der Waals surface area contributed by atoms with E-state index in [1.54, 1.807) is 6.07 Å². The molecule has 29 heavy (non-hydrogen) atoms. The summed E-state index contributed by atoms with van der Waals surface area (Å²) in [5.74, 6) is -1.01. The molecule has 0 atom stereocenters. The van der Waals surface area contributed by atoms with E-state index in [1.807, 2.05) is 58.0 Å². The average Bonchev–Trinajstić information content (AvgIpc) is 2.65. The Bertz CT molecular complexity index is 912. The van der Waals surface area contributed by atoms with Crippen molar-refractivity contribution in [3.05, 3.63) is 58.7 Å². The number of carbonyl (C=O) groups excluding carboxylic acids is 3. The van der Waals surface area contributed by atoms with Crippen LogP contribution in [-0.4, -0.2) is 35.9 Å². The van der Waals surface area contributed by atoms with Gasteiger partial charge in [0.05, 0.1) is 11.5 Å². The molecule has 0 fully saturated rings. The van der Waals surface area contributed by atoms with Crippen molar-refractivity contribution in [3.63, 3.8) is 0 Å². The number of rotatable bonds is 8. The molecule has 0 saturated heterocycles. The summed E-state index contributed by atoms with van der Waals surface area (Å²) in [7, 11) is 0. The van der Waals surface area contributed by atoms with Gasteiger partial charge in [-0.2, -0.15) is 0 Å². The lowest BCUT2D eigenvalue weighted by molar-refractivity contribution is -0.144. The Morgan fingerprint density at radius 1 is 0.828 bits per heavy atom. The van der Waals surface area contributed by atoms with Gasteiger partial charge >= 0.3 is 5.97 Å². The zero-order valence-corrected chi connectivity index (χ0v) is 17.9. The zero-order chi connectivity index (χ0) is 21.4. The van der Waals surface area contributed by atoms with Gasteiger partial charge in [-0.3, -0.25) is 14.4 Å². The molecule has 154 valence electrons. The third kappa shape index (κ3) is 7.62. The van der Waals surface area contributed by atoms with Crippen LogP contribution in [0, 0.1) is 27.7 Å². The molecule has 0 aliphatic carbocycles. The first kappa shape index (κ1) is 22.5. The molecule has 0 spiro atoms. The second-order valence-electron chi connectivity index (χ2n) is 6.87. The standard InChI is InChI=1S/C22H26N2O4S/c1-14-5-8-19(17(4)9-14)24-21(26)12-29-13-22(27)28-11-20(25)23-18-7-6-15(2)16(3)10-18/h5-10H,11-13H2,1-4H3,(H,23,25)(H,24,26). The van der Waals surface area contributed by atoms with Crippen LogP contribution in [0.15, 0.2) is 36.4 Å². The summed E-state index contributed by atoms with van der Waals surface area (Å²) in [6, 6.07) is 11.3. The highest BCUT2D eigenvalue weighted by Gasteiger charge is 2.11. The number of hydrogen-bond acceptors (Lipinski definition) is 5. The van der Waals surface area contributed by atoms with Gasteiger partial charge in [-0.15, -0.1) is 11.8 Å². The Morgan fingerprint density at radius 3 is 2.28 bits per heavy atom. The molecule has 2 amide bonds. The Morgan fingerprint density at radius 2 is 1.59 bits per heavy atom. The van der Waals surface area contributed by atoms with E-state index in [-0.39, 0.29) is 24.0 Å². The first-order valence-electron chi connectivity index (χ1n) is 9.22. The zero-order valence-electron chi connectivity index (χ0n) is 17.1. The third-order valence-electron chi connectivity index (χ3n) is 4.26. The minimum atomic E-state index is -0.537. The third-order valence-corrected chi connectivity index (χ3v) is 5.17. The van der Waals surface area contributed by atoms with Crippen LogP contribution in [0.4, 0.5) is 11.4 Å². The van der Waals surface area contributed by atoms with Crippen molar-refractivity contribution >= 4 is 40.9 Å². The average molecular weight is 415 g/mol. The van der Waals surface area contributed by atoms with Crippen LogP contribution >= 0.6 is 11.8 Å². The van der Waals surface area contributed by atoms with Gasteiger partial charge in [-0.25, -0.2) is 0 Å². The van der Waals surface area contributed by atoms with Crippen LogP contribution in [0.1, 0.15) is 22.3 Å². The summed E-state index contributed by atoms with van der Waals surface area (Å²) < 4.78 is 4.96. The lowest BCUT2D eigenvalue weighted by Gasteiger charge is -2.09. The highest BCUT2D eigenvalue weighted by atomic mass is 32.2. The molecule has 0 unspecified atom stereocenters. The SMILES string of the molecule is Cc1ccc(NC(=O)CSCC(=O)OCC(=O)Nc2ccc(C)c(C)c2)c(C)c1. The monoisotopic (exact) mass is 414 g/mol. The van der Waals surface area contributed by atoms with Crippen LogP contribution in [0.2, 0.25) is 0 Å². The maximum absolute atomic E-state index is 12.0. The predicted octanol–water partition coefficient (Wildman–Crippen LogP) is 3.77. The van der Waals surface area contributed by atoms with Gasteiger partial charge in [0, 0.05) is 11.4 Å². The van der Waals surface area contributed by atoms with E-state index < -0.39 is 11.9 Å². The van der Waals surface area contributed by atoms with E-state index in [2.05, 4.69) is 10.6 Å². The van der Waals surface area contributed by atoms with Crippen molar-refractivity contribution in [2.75, 3.05) is 28.7 Å². The van der Waals surface area contributed by atoms with Crippen LogP contribution < -0.4 is 10.6 Å². The lowest BCUT2D eigenvalue weighted by atomic mass is 10.1. The Balaban J connectivity index is 1.66. The smallest absolute Gasteiger partial charge is 0.316 e. The molecule has 0 aliphatic rings. The van der Waals surface area contributed by atoms with Gasteiger partial charge in [0.1, 0.15) is 0 Å². The van der Waals surface area contributed by atoms with E-state index in [9.17, 15) is 14.4 Å². The normalized spacial score (nSPS) is 10.3. The summed E-state index contributed by atoms with van der Waals surface area (Å²) in [6.45, 7) is 7.50. The lowest BCUT2D eigenvalue weighted by Crippen LogP contribution is -2.22. The van der Waals surface area contributed by atoms with Gasteiger partial charge in [0.15, 0.2) is 6.61 Å². The number of amides is 2. The minimum absolute atomic E-state index is 0.00276. The number of carbonyl (C=O) groups is 3. The molecule has 2 aromatic carbocycles. The highest BCUT2D eigenvalue weighted by molar-refractivity contribution is 8.00. The summed E-state index contributed by atoms with van der Waals surface area (Å²) in [5, 5.41) is 5.51.